The molecule has 0 bridgehead atoms. The smallest absolute Gasteiger partial charge is 0.344 e. The SMILES string of the molecule is N[C@@H]1CCCN(C(=O)[C@H]2CC[C@@H](C(F)(F)F)NC2=O)C1. The predicted octanol–water partition coefficient (Wildman–Crippen LogP) is 0.393. The molecule has 8 heteroatoms. The maximum Gasteiger partial charge on any atom is 0.408 e. The summed E-state index contributed by atoms with van der Waals surface area (Å²) in [6.07, 6.45) is -3.22. The van der Waals surface area contributed by atoms with Crippen LogP contribution < -0.4 is 11.1 Å². The van der Waals surface area contributed by atoms with Gasteiger partial charge in [0, 0.05) is 19.1 Å². The van der Waals surface area contributed by atoms with Crippen molar-refractivity contribution < 1.29 is 22.8 Å². The summed E-state index contributed by atoms with van der Waals surface area (Å²) in [5.74, 6) is -2.25. The van der Waals surface area contributed by atoms with Gasteiger partial charge in [-0.1, -0.05) is 0 Å². The zero-order chi connectivity index (χ0) is 14.9. The molecule has 0 aliphatic carbocycles. The molecule has 2 amide bonds. The van der Waals surface area contributed by atoms with Crippen LogP contribution in [0.25, 0.3) is 0 Å². The molecule has 3 N–H and O–H groups in total. The Morgan fingerprint density at radius 2 is 2.00 bits per heavy atom. The second-order valence-corrected chi connectivity index (χ2v) is 5.42. The lowest BCUT2D eigenvalue weighted by Gasteiger charge is -2.36. The first kappa shape index (κ1) is 15.1. The molecule has 0 saturated carbocycles. The van der Waals surface area contributed by atoms with E-state index in [1.807, 2.05) is 5.32 Å². The average Bonchev–Trinajstić information content (AvgIpc) is 2.36. The number of piperidine rings is 2. The molecule has 114 valence electrons. The molecule has 5 nitrogen and oxygen atoms in total. The van der Waals surface area contributed by atoms with Crippen LogP contribution >= 0.6 is 0 Å². The van der Waals surface area contributed by atoms with Gasteiger partial charge < -0.3 is 16.0 Å². The van der Waals surface area contributed by atoms with E-state index >= 15 is 0 Å². The number of nitrogens with one attached hydrogen (secondary N) is 1. The van der Waals surface area contributed by atoms with Gasteiger partial charge in [0.15, 0.2) is 0 Å². The summed E-state index contributed by atoms with van der Waals surface area (Å²) < 4.78 is 37.6. The highest BCUT2D eigenvalue weighted by molar-refractivity contribution is 6.01. The number of hydrogen-bond acceptors (Lipinski definition) is 3. The van der Waals surface area contributed by atoms with E-state index in [2.05, 4.69) is 0 Å². The first-order chi connectivity index (χ1) is 9.29. The van der Waals surface area contributed by atoms with Crippen molar-refractivity contribution in [2.24, 2.45) is 11.7 Å². The van der Waals surface area contributed by atoms with Crippen LogP contribution in [0.15, 0.2) is 0 Å². The van der Waals surface area contributed by atoms with Crippen LogP contribution in [0.3, 0.4) is 0 Å². The Morgan fingerprint density at radius 1 is 1.30 bits per heavy atom. The first-order valence-corrected chi connectivity index (χ1v) is 6.70. The van der Waals surface area contributed by atoms with Gasteiger partial charge in [0.2, 0.25) is 11.8 Å². The van der Waals surface area contributed by atoms with E-state index < -0.39 is 30.0 Å². The first-order valence-electron chi connectivity index (χ1n) is 6.70. The highest BCUT2D eigenvalue weighted by Gasteiger charge is 2.46. The van der Waals surface area contributed by atoms with Gasteiger partial charge in [0.1, 0.15) is 12.0 Å². The van der Waals surface area contributed by atoms with Crippen LogP contribution in [0.2, 0.25) is 0 Å². The molecule has 0 aromatic carbocycles. The van der Waals surface area contributed by atoms with Crippen LogP contribution in [0, 0.1) is 5.92 Å². The summed E-state index contributed by atoms with van der Waals surface area (Å²) in [5.41, 5.74) is 5.76. The van der Waals surface area contributed by atoms with Crippen molar-refractivity contribution in [3.8, 4) is 0 Å². The van der Waals surface area contributed by atoms with E-state index in [0.29, 0.717) is 13.1 Å². The molecule has 2 fully saturated rings. The lowest BCUT2D eigenvalue weighted by Crippen LogP contribution is -2.56. The van der Waals surface area contributed by atoms with Crippen molar-refractivity contribution in [2.75, 3.05) is 13.1 Å². The number of rotatable bonds is 1. The van der Waals surface area contributed by atoms with Gasteiger partial charge in [-0.2, -0.15) is 13.2 Å². The van der Waals surface area contributed by atoms with Gasteiger partial charge in [-0.05, 0) is 25.7 Å². The number of carbonyl (C=O) groups is 2. The van der Waals surface area contributed by atoms with Gasteiger partial charge in [-0.15, -0.1) is 0 Å². The Balaban J connectivity index is 1.97. The fourth-order valence-corrected chi connectivity index (χ4v) is 2.72. The van der Waals surface area contributed by atoms with Crippen molar-refractivity contribution in [3.05, 3.63) is 0 Å². The van der Waals surface area contributed by atoms with Crippen LogP contribution in [0.5, 0.6) is 0 Å². The minimum Gasteiger partial charge on any atom is -0.344 e. The zero-order valence-electron chi connectivity index (χ0n) is 10.9. The Hall–Kier alpha value is -1.31. The molecule has 2 saturated heterocycles. The van der Waals surface area contributed by atoms with Gasteiger partial charge in [0.25, 0.3) is 0 Å². The minimum absolute atomic E-state index is 0.0689. The Labute approximate surface area is 114 Å². The summed E-state index contributed by atoms with van der Waals surface area (Å²) in [4.78, 5) is 25.4. The van der Waals surface area contributed by atoms with Crippen molar-refractivity contribution in [2.45, 2.75) is 43.9 Å². The molecular weight excluding hydrogens is 275 g/mol. The number of likely N-dealkylation sites (tertiary alicyclic amines) is 1. The number of hydrogen-bond donors (Lipinski definition) is 2. The molecule has 2 heterocycles. The van der Waals surface area contributed by atoms with Crippen LogP contribution in [0.1, 0.15) is 25.7 Å². The highest BCUT2D eigenvalue weighted by Crippen LogP contribution is 2.29. The fourth-order valence-electron chi connectivity index (χ4n) is 2.72. The van der Waals surface area contributed by atoms with E-state index in [-0.39, 0.29) is 18.9 Å². The Bertz CT molecular complexity index is 400. The number of alkyl halides is 3. The molecule has 20 heavy (non-hydrogen) atoms. The summed E-state index contributed by atoms with van der Waals surface area (Å²) >= 11 is 0. The molecule has 0 aromatic rings. The normalized spacial score (nSPS) is 31.9. The lowest BCUT2D eigenvalue weighted by molar-refractivity contribution is -0.172. The van der Waals surface area contributed by atoms with Crippen molar-refractivity contribution in [3.63, 3.8) is 0 Å². The van der Waals surface area contributed by atoms with Gasteiger partial charge >= 0.3 is 6.18 Å². The maximum absolute atomic E-state index is 12.5. The number of carbonyl (C=O) groups excluding carboxylic acids is 2. The largest absolute Gasteiger partial charge is 0.408 e. The van der Waals surface area contributed by atoms with Gasteiger partial charge in [0.05, 0.1) is 0 Å². The predicted molar refractivity (Wildman–Crippen MR) is 64.5 cm³/mol. The lowest BCUT2D eigenvalue weighted by atomic mass is 9.91. The zero-order valence-corrected chi connectivity index (χ0v) is 10.9. The molecule has 2 aliphatic heterocycles. The monoisotopic (exact) mass is 293 g/mol. The standard InChI is InChI=1S/C12H18F3N3O2/c13-12(14,15)9-4-3-8(10(19)17-9)11(20)18-5-1-2-7(16)6-18/h7-9H,1-6,16H2,(H,17,19)/t7-,8+,9+/m1/s1. The molecule has 0 unspecified atom stereocenters. The Morgan fingerprint density at radius 3 is 2.55 bits per heavy atom. The second kappa shape index (κ2) is 5.59. The number of amides is 2. The van der Waals surface area contributed by atoms with E-state index in [1.165, 1.54) is 4.90 Å². The topological polar surface area (TPSA) is 75.4 Å². The van der Waals surface area contributed by atoms with Gasteiger partial charge in [-0.25, -0.2) is 0 Å². The Kier molecular flexibility index (Phi) is 4.22. The third-order valence-electron chi connectivity index (χ3n) is 3.84. The van der Waals surface area contributed by atoms with Crippen LogP contribution in [-0.4, -0.2) is 48.1 Å². The third-order valence-corrected chi connectivity index (χ3v) is 3.84. The maximum atomic E-state index is 12.5. The molecule has 3 atom stereocenters. The quantitative estimate of drug-likeness (QED) is 0.687. The number of halogens is 3. The van der Waals surface area contributed by atoms with Gasteiger partial charge in [-0.3, -0.25) is 9.59 Å². The van der Waals surface area contributed by atoms with Crippen molar-refractivity contribution >= 4 is 11.8 Å². The molecule has 2 rings (SSSR count). The van der Waals surface area contributed by atoms with E-state index in [0.717, 1.165) is 12.8 Å². The van der Waals surface area contributed by atoms with Crippen molar-refractivity contribution in [1.82, 2.24) is 10.2 Å². The molecule has 0 spiro atoms. The van der Waals surface area contributed by atoms with E-state index in [1.54, 1.807) is 0 Å². The second-order valence-electron chi connectivity index (χ2n) is 5.42. The summed E-state index contributed by atoms with van der Waals surface area (Å²) in [5, 5.41) is 1.89. The number of nitrogens with zero attached hydrogens (tertiary/aromatic N) is 1. The summed E-state index contributed by atoms with van der Waals surface area (Å²) in [7, 11) is 0. The molecular formula is C12H18F3N3O2. The average molecular weight is 293 g/mol. The summed E-state index contributed by atoms with van der Waals surface area (Å²) in [6.45, 7) is 0.879. The number of nitrogens with two attached hydrogens (primary N) is 1. The minimum atomic E-state index is -4.46. The van der Waals surface area contributed by atoms with Crippen molar-refractivity contribution in [1.29, 1.82) is 0 Å². The van der Waals surface area contributed by atoms with Crippen LogP contribution in [0.4, 0.5) is 13.2 Å². The van der Waals surface area contributed by atoms with Crippen LogP contribution in [-0.2, 0) is 9.59 Å². The third kappa shape index (κ3) is 3.23. The van der Waals surface area contributed by atoms with E-state index in [4.69, 9.17) is 5.73 Å². The fraction of sp³-hybridized carbons (Fsp3) is 0.833. The molecule has 2 aliphatic rings. The summed E-state index contributed by atoms with van der Waals surface area (Å²) in [6, 6.07) is -1.97. The van der Waals surface area contributed by atoms with E-state index in [9.17, 15) is 22.8 Å². The highest BCUT2D eigenvalue weighted by atomic mass is 19.4. The molecule has 0 radical (unpaired) electrons. The molecule has 0 aromatic heterocycles.